The molecule has 0 saturated heterocycles. The lowest BCUT2D eigenvalue weighted by atomic mass is 10.1. The molecule has 0 aromatic heterocycles. The molecule has 142 valence electrons. The van der Waals surface area contributed by atoms with Gasteiger partial charge in [-0.25, -0.2) is 0 Å². The van der Waals surface area contributed by atoms with E-state index in [1.165, 1.54) is 24.3 Å². The standard InChI is InChI=1S/C20H19F3N2O2/c1-19(2)12-24-16-8-7-15(11-17(16)27-19)25-18(26)14-5-3-13(4-6-14)9-10-20(21,22)23/h3-11,24H,12H2,1-2H3,(H,25,26)/b10-9+. The molecule has 0 spiro atoms. The summed E-state index contributed by atoms with van der Waals surface area (Å²) in [6, 6.07) is 11.2. The molecule has 1 aliphatic rings. The Morgan fingerprint density at radius 3 is 2.56 bits per heavy atom. The molecule has 2 aromatic carbocycles. The number of amides is 1. The normalized spacial score (nSPS) is 15.6. The van der Waals surface area contributed by atoms with E-state index < -0.39 is 6.18 Å². The van der Waals surface area contributed by atoms with Gasteiger partial charge in [0.15, 0.2) is 0 Å². The summed E-state index contributed by atoms with van der Waals surface area (Å²) in [6.07, 6.45) is -3.25. The number of anilines is 2. The number of hydrogen-bond acceptors (Lipinski definition) is 3. The van der Waals surface area contributed by atoms with Gasteiger partial charge in [-0.3, -0.25) is 4.79 Å². The van der Waals surface area contributed by atoms with E-state index in [0.717, 1.165) is 11.8 Å². The number of allylic oxidation sites excluding steroid dienone is 1. The number of rotatable bonds is 3. The highest BCUT2D eigenvalue weighted by atomic mass is 19.4. The zero-order valence-corrected chi connectivity index (χ0v) is 14.9. The Balaban J connectivity index is 1.70. The van der Waals surface area contributed by atoms with Crippen LogP contribution in [0.15, 0.2) is 48.5 Å². The van der Waals surface area contributed by atoms with Crippen molar-refractivity contribution in [1.29, 1.82) is 0 Å². The molecule has 0 aliphatic carbocycles. The van der Waals surface area contributed by atoms with Crippen molar-refractivity contribution in [1.82, 2.24) is 0 Å². The van der Waals surface area contributed by atoms with E-state index in [0.29, 0.717) is 29.1 Å². The summed E-state index contributed by atoms with van der Waals surface area (Å²) < 4.78 is 42.5. The fourth-order valence-electron chi connectivity index (χ4n) is 2.61. The third-order valence-corrected chi connectivity index (χ3v) is 3.97. The van der Waals surface area contributed by atoms with Crippen molar-refractivity contribution in [2.24, 2.45) is 0 Å². The Morgan fingerprint density at radius 2 is 1.89 bits per heavy atom. The van der Waals surface area contributed by atoms with Crippen LogP contribution in [0.25, 0.3) is 6.08 Å². The van der Waals surface area contributed by atoms with Gasteiger partial charge >= 0.3 is 6.18 Å². The van der Waals surface area contributed by atoms with Crippen molar-refractivity contribution in [2.45, 2.75) is 25.6 Å². The van der Waals surface area contributed by atoms with E-state index in [4.69, 9.17) is 4.74 Å². The molecular weight excluding hydrogens is 357 g/mol. The van der Waals surface area contributed by atoms with Gasteiger partial charge < -0.3 is 15.4 Å². The molecule has 1 amide bonds. The SMILES string of the molecule is CC1(C)CNc2ccc(NC(=O)c3ccc(/C=C/C(F)(F)F)cc3)cc2O1. The average Bonchev–Trinajstić information content (AvgIpc) is 2.58. The highest BCUT2D eigenvalue weighted by Gasteiger charge is 2.26. The molecule has 0 atom stereocenters. The lowest BCUT2D eigenvalue weighted by Gasteiger charge is -2.33. The monoisotopic (exact) mass is 376 g/mol. The molecule has 0 fully saturated rings. The van der Waals surface area contributed by atoms with E-state index >= 15 is 0 Å². The minimum absolute atomic E-state index is 0.157. The molecule has 0 radical (unpaired) electrons. The molecular formula is C20H19F3N2O2. The van der Waals surface area contributed by atoms with Gasteiger partial charge in [-0.1, -0.05) is 18.2 Å². The fourth-order valence-corrected chi connectivity index (χ4v) is 2.61. The van der Waals surface area contributed by atoms with Crippen molar-refractivity contribution in [3.05, 3.63) is 59.7 Å². The van der Waals surface area contributed by atoms with Gasteiger partial charge in [0.05, 0.1) is 12.2 Å². The Hall–Kier alpha value is -2.96. The third-order valence-electron chi connectivity index (χ3n) is 3.97. The number of alkyl halides is 3. The first-order chi connectivity index (χ1) is 12.6. The summed E-state index contributed by atoms with van der Waals surface area (Å²) in [7, 11) is 0. The number of ether oxygens (including phenoxy) is 1. The van der Waals surface area contributed by atoms with Crippen molar-refractivity contribution >= 4 is 23.4 Å². The number of benzene rings is 2. The largest absolute Gasteiger partial charge is 0.484 e. The maximum atomic E-state index is 12.4. The Morgan fingerprint density at radius 1 is 1.19 bits per heavy atom. The maximum Gasteiger partial charge on any atom is 0.409 e. The van der Waals surface area contributed by atoms with Gasteiger partial charge in [0.1, 0.15) is 11.4 Å². The second kappa shape index (κ2) is 6.98. The lowest BCUT2D eigenvalue weighted by Crippen LogP contribution is -2.40. The number of halogens is 3. The molecule has 0 bridgehead atoms. The highest BCUT2D eigenvalue weighted by Crippen LogP contribution is 2.35. The molecule has 3 rings (SSSR count). The number of carbonyl (C=O) groups excluding carboxylic acids is 1. The smallest absolute Gasteiger partial charge is 0.409 e. The predicted octanol–water partition coefficient (Wildman–Crippen LogP) is 5.10. The lowest BCUT2D eigenvalue weighted by molar-refractivity contribution is -0.0790. The minimum atomic E-state index is -4.37. The highest BCUT2D eigenvalue weighted by molar-refractivity contribution is 6.04. The second-order valence-corrected chi connectivity index (χ2v) is 6.88. The summed E-state index contributed by atoms with van der Waals surface area (Å²) in [5.41, 5.74) is 1.78. The first kappa shape index (κ1) is 18.8. The van der Waals surface area contributed by atoms with Crippen LogP contribution < -0.4 is 15.4 Å². The molecule has 0 saturated carbocycles. The zero-order valence-electron chi connectivity index (χ0n) is 14.9. The van der Waals surface area contributed by atoms with Crippen LogP contribution in [0.5, 0.6) is 5.75 Å². The number of fused-ring (bicyclic) bond motifs is 1. The van der Waals surface area contributed by atoms with Crippen molar-refractivity contribution in [3.63, 3.8) is 0 Å². The molecule has 0 unspecified atom stereocenters. The first-order valence-corrected chi connectivity index (χ1v) is 8.36. The zero-order chi connectivity index (χ0) is 19.7. The Bertz CT molecular complexity index is 872. The minimum Gasteiger partial charge on any atom is -0.484 e. The van der Waals surface area contributed by atoms with Gasteiger partial charge in [-0.15, -0.1) is 0 Å². The summed E-state index contributed by atoms with van der Waals surface area (Å²) >= 11 is 0. The first-order valence-electron chi connectivity index (χ1n) is 8.36. The van der Waals surface area contributed by atoms with Crippen LogP contribution >= 0.6 is 0 Å². The van der Waals surface area contributed by atoms with Crippen LogP contribution in [-0.4, -0.2) is 24.2 Å². The van der Waals surface area contributed by atoms with E-state index in [9.17, 15) is 18.0 Å². The Labute approximate surface area is 155 Å². The molecule has 27 heavy (non-hydrogen) atoms. The van der Waals surface area contributed by atoms with E-state index in [1.54, 1.807) is 12.1 Å². The van der Waals surface area contributed by atoms with Crippen LogP contribution in [0.2, 0.25) is 0 Å². The van der Waals surface area contributed by atoms with E-state index in [-0.39, 0.29) is 17.6 Å². The summed E-state index contributed by atoms with van der Waals surface area (Å²) in [4.78, 5) is 12.4. The van der Waals surface area contributed by atoms with Crippen molar-refractivity contribution in [3.8, 4) is 5.75 Å². The summed E-state index contributed by atoms with van der Waals surface area (Å²) in [5, 5.41) is 6.04. The molecule has 4 nitrogen and oxygen atoms in total. The second-order valence-electron chi connectivity index (χ2n) is 6.88. The van der Waals surface area contributed by atoms with Gasteiger partial charge in [0, 0.05) is 23.4 Å². The predicted molar refractivity (Wildman–Crippen MR) is 99.1 cm³/mol. The average molecular weight is 376 g/mol. The fraction of sp³-hybridized carbons (Fsp3) is 0.250. The third kappa shape index (κ3) is 5.03. The molecule has 2 N–H and O–H groups in total. The number of hydrogen-bond donors (Lipinski definition) is 2. The topological polar surface area (TPSA) is 50.4 Å². The molecule has 1 heterocycles. The van der Waals surface area contributed by atoms with Gasteiger partial charge in [0.25, 0.3) is 5.91 Å². The quantitative estimate of drug-likeness (QED) is 0.784. The summed E-state index contributed by atoms with van der Waals surface area (Å²) in [6.45, 7) is 4.60. The van der Waals surface area contributed by atoms with Crippen LogP contribution in [0.3, 0.4) is 0 Å². The number of nitrogens with one attached hydrogen (secondary N) is 2. The van der Waals surface area contributed by atoms with Gasteiger partial charge in [-0.2, -0.15) is 13.2 Å². The van der Waals surface area contributed by atoms with Crippen molar-refractivity contribution in [2.75, 3.05) is 17.2 Å². The number of carbonyl (C=O) groups is 1. The Kier molecular flexibility index (Phi) is 4.87. The van der Waals surface area contributed by atoms with Crippen LogP contribution in [0.1, 0.15) is 29.8 Å². The summed E-state index contributed by atoms with van der Waals surface area (Å²) in [5.74, 6) is 0.293. The van der Waals surface area contributed by atoms with Gasteiger partial charge in [0.2, 0.25) is 0 Å². The van der Waals surface area contributed by atoms with Crippen LogP contribution in [-0.2, 0) is 0 Å². The van der Waals surface area contributed by atoms with E-state index in [2.05, 4.69) is 10.6 Å². The van der Waals surface area contributed by atoms with Crippen LogP contribution in [0, 0.1) is 0 Å². The molecule has 1 aliphatic heterocycles. The molecule has 7 heteroatoms. The van der Waals surface area contributed by atoms with Crippen molar-refractivity contribution < 1.29 is 22.7 Å². The molecule has 2 aromatic rings. The van der Waals surface area contributed by atoms with Gasteiger partial charge in [-0.05, 0) is 43.7 Å². The maximum absolute atomic E-state index is 12.4. The van der Waals surface area contributed by atoms with Crippen LogP contribution in [0.4, 0.5) is 24.5 Å². The van der Waals surface area contributed by atoms with E-state index in [1.807, 2.05) is 19.9 Å².